The lowest BCUT2D eigenvalue weighted by atomic mass is 10.0. The van der Waals surface area contributed by atoms with Gasteiger partial charge in [0.25, 0.3) is 0 Å². The highest BCUT2D eigenvalue weighted by atomic mass is 35.5. The Morgan fingerprint density at radius 3 is 2.52 bits per heavy atom. The van der Waals surface area contributed by atoms with Crippen molar-refractivity contribution in [1.82, 2.24) is 9.78 Å². The summed E-state index contributed by atoms with van der Waals surface area (Å²) in [6.45, 7) is 2.47. The number of fused-ring (bicyclic) bond motifs is 3. The minimum atomic E-state index is -4.39. The summed E-state index contributed by atoms with van der Waals surface area (Å²) in [5, 5.41) is 5.68. The van der Waals surface area contributed by atoms with E-state index in [9.17, 15) is 13.2 Å². The first-order valence-electron chi connectivity index (χ1n) is 7.75. The largest absolute Gasteiger partial charge is 0.416 e. The Morgan fingerprint density at radius 1 is 1.12 bits per heavy atom. The van der Waals surface area contributed by atoms with Gasteiger partial charge in [-0.05, 0) is 37.3 Å². The molecule has 7 heteroatoms. The van der Waals surface area contributed by atoms with Crippen molar-refractivity contribution in [1.29, 1.82) is 0 Å². The smallest absolute Gasteiger partial charge is 0.280 e. The highest BCUT2D eigenvalue weighted by Gasteiger charge is 2.32. The predicted octanol–water partition coefficient (Wildman–Crippen LogP) is 5.12. The van der Waals surface area contributed by atoms with E-state index < -0.39 is 11.7 Å². The number of halogens is 4. The van der Waals surface area contributed by atoms with Gasteiger partial charge in [0.15, 0.2) is 0 Å². The maximum Gasteiger partial charge on any atom is 0.416 e. The second-order valence-corrected chi connectivity index (χ2v) is 6.50. The van der Waals surface area contributed by atoms with Gasteiger partial charge in [0.1, 0.15) is 0 Å². The van der Waals surface area contributed by atoms with E-state index in [1.165, 1.54) is 6.07 Å². The molecule has 1 aromatic heterocycles. The Balaban J connectivity index is 1.92. The summed E-state index contributed by atoms with van der Waals surface area (Å²) in [6, 6.07) is 10.9. The van der Waals surface area contributed by atoms with E-state index in [1.807, 2.05) is 19.1 Å². The third kappa shape index (κ3) is 2.70. The van der Waals surface area contributed by atoms with Crippen LogP contribution >= 0.6 is 11.6 Å². The molecule has 0 aliphatic carbocycles. The first-order valence-corrected chi connectivity index (χ1v) is 8.12. The summed E-state index contributed by atoms with van der Waals surface area (Å²) in [7, 11) is 0. The topological polar surface area (TPSA) is 30.2 Å². The zero-order chi connectivity index (χ0) is 17.8. The number of rotatable bonds is 1. The van der Waals surface area contributed by atoms with E-state index in [1.54, 1.807) is 16.8 Å². The molecule has 0 saturated carbocycles. The first kappa shape index (κ1) is 16.1. The summed E-state index contributed by atoms with van der Waals surface area (Å²) in [5.41, 5.74) is 1.94. The first-order chi connectivity index (χ1) is 11.8. The molecule has 1 atom stereocenters. The van der Waals surface area contributed by atoms with Gasteiger partial charge in [0.05, 0.1) is 35.1 Å². The van der Waals surface area contributed by atoms with Gasteiger partial charge in [-0.25, -0.2) is 0 Å². The Hall–Kier alpha value is -2.34. The van der Waals surface area contributed by atoms with E-state index in [0.29, 0.717) is 22.5 Å². The zero-order valence-corrected chi connectivity index (χ0v) is 13.9. The van der Waals surface area contributed by atoms with Crippen LogP contribution in [0.1, 0.15) is 29.8 Å². The van der Waals surface area contributed by atoms with Crippen molar-refractivity contribution < 1.29 is 13.2 Å². The predicted molar refractivity (Wildman–Crippen MR) is 91.4 cm³/mol. The van der Waals surface area contributed by atoms with E-state index >= 15 is 0 Å². The number of benzene rings is 2. The van der Waals surface area contributed by atoms with Gasteiger partial charge in [0.2, 0.25) is 0 Å². The second-order valence-electron chi connectivity index (χ2n) is 6.07. The van der Waals surface area contributed by atoms with Crippen molar-refractivity contribution in [2.75, 3.05) is 6.54 Å². The normalized spacial score (nSPS) is 17.5. The zero-order valence-electron chi connectivity index (χ0n) is 13.2. The molecular weight excluding hydrogens is 351 g/mol. The molecule has 3 aromatic rings. The van der Waals surface area contributed by atoms with E-state index in [4.69, 9.17) is 11.6 Å². The molecule has 2 aromatic carbocycles. The monoisotopic (exact) mass is 363 g/mol. The molecule has 1 aliphatic heterocycles. The molecule has 3 nitrogen and oxygen atoms in total. The molecule has 0 fully saturated rings. The summed E-state index contributed by atoms with van der Waals surface area (Å²) >= 11 is 5.94. The minimum Gasteiger partial charge on any atom is -0.280 e. The summed E-state index contributed by atoms with van der Waals surface area (Å²) < 4.78 is 40.7. The van der Waals surface area contributed by atoms with E-state index in [0.717, 1.165) is 29.1 Å². The van der Waals surface area contributed by atoms with Crippen molar-refractivity contribution in [3.8, 4) is 0 Å². The summed E-state index contributed by atoms with van der Waals surface area (Å²) in [6.07, 6.45) is -4.39. The van der Waals surface area contributed by atoms with Crippen molar-refractivity contribution in [3.05, 3.63) is 64.3 Å². The molecule has 0 radical (unpaired) electrons. The molecule has 0 spiro atoms. The van der Waals surface area contributed by atoms with Gasteiger partial charge in [-0.15, -0.1) is 0 Å². The Bertz CT molecular complexity index is 987. The standard InChI is InChI=1S/C18H13ClF3N3/c1-10-9-23-16(11-2-5-13(19)6-3-11)17-14-7-4-12(18(20,21)22)8-15(14)24-25(10)17/h2-8,10H,9H2,1H3. The van der Waals surface area contributed by atoms with Crippen molar-refractivity contribution in [2.45, 2.75) is 19.1 Å². The van der Waals surface area contributed by atoms with Crippen molar-refractivity contribution in [3.63, 3.8) is 0 Å². The van der Waals surface area contributed by atoms with Gasteiger partial charge in [-0.3, -0.25) is 9.67 Å². The van der Waals surface area contributed by atoms with Crippen LogP contribution in [0.5, 0.6) is 0 Å². The number of aromatic nitrogens is 2. The summed E-state index contributed by atoms with van der Waals surface area (Å²) in [4.78, 5) is 4.64. The molecule has 2 heterocycles. The number of aliphatic imine (C=N–C) groups is 1. The maximum absolute atomic E-state index is 13.0. The Morgan fingerprint density at radius 2 is 1.84 bits per heavy atom. The minimum absolute atomic E-state index is 0.0206. The number of alkyl halides is 3. The second kappa shape index (κ2) is 5.59. The summed E-state index contributed by atoms with van der Waals surface area (Å²) in [5.74, 6) is 0. The maximum atomic E-state index is 13.0. The highest BCUT2D eigenvalue weighted by molar-refractivity contribution is 6.30. The van der Waals surface area contributed by atoms with Crippen molar-refractivity contribution in [2.24, 2.45) is 4.99 Å². The van der Waals surface area contributed by atoms with Crippen LogP contribution in [0.2, 0.25) is 5.02 Å². The van der Waals surface area contributed by atoms with Crippen LogP contribution in [0.15, 0.2) is 47.5 Å². The highest BCUT2D eigenvalue weighted by Crippen LogP contribution is 2.34. The number of nitrogens with zero attached hydrogens (tertiary/aromatic N) is 3. The molecular formula is C18H13ClF3N3. The van der Waals surface area contributed by atoms with Crippen LogP contribution in [0, 0.1) is 0 Å². The van der Waals surface area contributed by atoms with E-state index in [-0.39, 0.29) is 6.04 Å². The Labute approximate surface area is 146 Å². The third-order valence-electron chi connectivity index (χ3n) is 4.30. The van der Waals surface area contributed by atoms with Gasteiger partial charge >= 0.3 is 6.18 Å². The molecule has 1 aliphatic rings. The fourth-order valence-corrected chi connectivity index (χ4v) is 3.17. The SMILES string of the molecule is CC1CN=C(c2ccc(Cl)cc2)c2c3ccc(C(F)(F)F)cc3nn21. The molecule has 128 valence electrons. The Kier molecular flexibility index (Phi) is 3.61. The van der Waals surface area contributed by atoms with Crippen LogP contribution in [0.3, 0.4) is 0 Å². The van der Waals surface area contributed by atoms with Crippen LogP contribution in [0.25, 0.3) is 10.9 Å². The number of hydrogen-bond donors (Lipinski definition) is 0. The molecule has 1 unspecified atom stereocenters. The van der Waals surface area contributed by atoms with E-state index in [2.05, 4.69) is 10.1 Å². The average Bonchev–Trinajstić information content (AvgIpc) is 2.95. The van der Waals surface area contributed by atoms with Gasteiger partial charge in [-0.2, -0.15) is 18.3 Å². The van der Waals surface area contributed by atoms with Gasteiger partial charge in [-0.1, -0.05) is 23.7 Å². The van der Waals surface area contributed by atoms with Crippen molar-refractivity contribution >= 4 is 28.2 Å². The van der Waals surface area contributed by atoms with Crippen LogP contribution in [-0.4, -0.2) is 22.0 Å². The van der Waals surface area contributed by atoms with Crippen LogP contribution in [0.4, 0.5) is 13.2 Å². The molecule has 0 bridgehead atoms. The van der Waals surface area contributed by atoms with Gasteiger partial charge < -0.3 is 0 Å². The fourth-order valence-electron chi connectivity index (χ4n) is 3.05. The molecule has 0 N–H and O–H groups in total. The van der Waals surface area contributed by atoms with Crippen LogP contribution < -0.4 is 0 Å². The lowest BCUT2D eigenvalue weighted by molar-refractivity contribution is -0.137. The van der Waals surface area contributed by atoms with Gasteiger partial charge in [0, 0.05) is 16.0 Å². The van der Waals surface area contributed by atoms with Crippen LogP contribution in [-0.2, 0) is 6.18 Å². The third-order valence-corrected chi connectivity index (χ3v) is 4.55. The average molecular weight is 364 g/mol. The number of hydrogen-bond acceptors (Lipinski definition) is 2. The quantitative estimate of drug-likeness (QED) is 0.590. The molecule has 0 saturated heterocycles. The molecule has 25 heavy (non-hydrogen) atoms. The lowest BCUT2D eigenvalue weighted by Crippen LogP contribution is -2.23. The lowest BCUT2D eigenvalue weighted by Gasteiger charge is -2.21. The molecule has 4 rings (SSSR count). The fraction of sp³-hybridized carbons (Fsp3) is 0.222. The molecule has 0 amide bonds.